The Balaban J connectivity index is 2.30. The molecule has 17 heavy (non-hydrogen) atoms. The van der Waals surface area contributed by atoms with Crippen molar-refractivity contribution in [1.29, 1.82) is 0 Å². The molecular formula is C12H24N3O2+. The van der Waals surface area contributed by atoms with E-state index >= 15 is 0 Å². The fourth-order valence-electron chi connectivity index (χ4n) is 2.32. The minimum Gasteiger partial charge on any atom is -0.346 e. The van der Waals surface area contributed by atoms with E-state index in [1.807, 2.05) is 13.8 Å². The topological polar surface area (TPSA) is 62.6 Å². The summed E-state index contributed by atoms with van der Waals surface area (Å²) in [5.74, 6) is -1.04. The van der Waals surface area contributed by atoms with Gasteiger partial charge in [0.2, 0.25) is 0 Å². The molecule has 1 rings (SSSR count). The lowest BCUT2D eigenvalue weighted by Gasteiger charge is -2.20. The molecule has 1 fully saturated rings. The predicted molar refractivity (Wildman–Crippen MR) is 65.7 cm³/mol. The Hall–Kier alpha value is -1.10. The molecule has 1 aliphatic rings. The van der Waals surface area contributed by atoms with Gasteiger partial charge < -0.3 is 15.5 Å². The highest BCUT2D eigenvalue weighted by Crippen LogP contribution is 1.98. The molecule has 0 spiro atoms. The number of rotatable bonds is 4. The van der Waals surface area contributed by atoms with Crippen molar-refractivity contribution < 1.29 is 14.5 Å². The van der Waals surface area contributed by atoms with Crippen molar-refractivity contribution in [2.75, 3.05) is 19.6 Å². The Morgan fingerprint density at radius 2 is 2.06 bits per heavy atom. The van der Waals surface area contributed by atoms with Crippen molar-refractivity contribution in [2.45, 2.75) is 45.7 Å². The molecule has 1 aliphatic heterocycles. The standard InChI is InChI=1S/C12H23N3O2/c1-4-15-7-5-6-10(15)8-13-11(16)12(17)14-9(2)3/h9-10H,4-8H2,1-3H3,(H,13,16)(H,14,17)/p+1/t10-/m1/s1. The third-order valence-electron chi connectivity index (χ3n) is 3.22. The van der Waals surface area contributed by atoms with Gasteiger partial charge in [-0.05, 0) is 20.8 Å². The first kappa shape index (κ1) is 14.0. The lowest BCUT2D eigenvalue weighted by molar-refractivity contribution is -0.909. The van der Waals surface area contributed by atoms with Crippen LogP contribution in [0.3, 0.4) is 0 Å². The van der Waals surface area contributed by atoms with Crippen LogP contribution in [0.4, 0.5) is 0 Å². The van der Waals surface area contributed by atoms with Gasteiger partial charge in [-0.15, -0.1) is 0 Å². The fourth-order valence-corrected chi connectivity index (χ4v) is 2.32. The summed E-state index contributed by atoms with van der Waals surface area (Å²) in [6.07, 6.45) is 2.34. The predicted octanol–water partition coefficient (Wildman–Crippen LogP) is -1.31. The molecule has 0 aromatic heterocycles. The number of quaternary nitrogens is 1. The second kappa shape index (κ2) is 6.59. The van der Waals surface area contributed by atoms with Gasteiger partial charge in [-0.2, -0.15) is 0 Å². The van der Waals surface area contributed by atoms with Crippen molar-refractivity contribution in [3.63, 3.8) is 0 Å². The Morgan fingerprint density at radius 1 is 1.35 bits per heavy atom. The fraction of sp³-hybridized carbons (Fsp3) is 0.833. The van der Waals surface area contributed by atoms with Crippen LogP contribution in [0.25, 0.3) is 0 Å². The number of carbonyl (C=O) groups is 2. The maximum atomic E-state index is 11.5. The second-order valence-electron chi connectivity index (χ2n) is 4.94. The summed E-state index contributed by atoms with van der Waals surface area (Å²) in [5.41, 5.74) is 0. The summed E-state index contributed by atoms with van der Waals surface area (Å²) in [6, 6.07) is 0.466. The first-order chi connectivity index (χ1) is 8.04. The van der Waals surface area contributed by atoms with Crippen LogP contribution in [0.5, 0.6) is 0 Å². The van der Waals surface area contributed by atoms with Gasteiger partial charge in [-0.25, -0.2) is 0 Å². The summed E-state index contributed by atoms with van der Waals surface area (Å²) in [5, 5.41) is 5.31. The molecular weight excluding hydrogens is 218 g/mol. The van der Waals surface area contributed by atoms with Crippen molar-refractivity contribution in [3.05, 3.63) is 0 Å². The quantitative estimate of drug-likeness (QED) is 0.536. The molecule has 0 radical (unpaired) electrons. The van der Waals surface area contributed by atoms with Gasteiger partial charge in [0.05, 0.1) is 19.6 Å². The van der Waals surface area contributed by atoms with Gasteiger partial charge in [-0.3, -0.25) is 9.59 Å². The number of hydrogen-bond acceptors (Lipinski definition) is 2. The maximum absolute atomic E-state index is 11.5. The largest absolute Gasteiger partial charge is 0.346 e. The normalized spacial score (nSPS) is 23.8. The summed E-state index contributed by atoms with van der Waals surface area (Å²) in [6.45, 7) is 8.69. The molecule has 2 amide bonds. The van der Waals surface area contributed by atoms with E-state index in [0.717, 1.165) is 13.0 Å². The molecule has 5 heteroatoms. The Morgan fingerprint density at radius 3 is 2.65 bits per heavy atom. The molecule has 0 bridgehead atoms. The first-order valence-electron chi connectivity index (χ1n) is 6.47. The Bertz CT molecular complexity index is 279. The van der Waals surface area contributed by atoms with Gasteiger partial charge in [0.15, 0.2) is 0 Å². The average molecular weight is 242 g/mol. The Kier molecular flexibility index (Phi) is 5.41. The van der Waals surface area contributed by atoms with Crippen LogP contribution in [0, 0.1) is 0 Å². The van der Waals surface area contributed by atoms with Crippen LogP contribution in [0.15, 0.2) is 0 Å². The third-order valence-corrected chi connectivity index (χ3v) is 3.22. The summed E-state index contributed by atoms with van der Waals surface area (Å²) >= 11 is 0. The Labute approximate surface area is 103 Å². The van der Waals surface area contributed by atoms with Gasteiger partial charge in [0.25, 0.3) is 0 Å². The zero-order valence-corrected chi connectivity index (χ0v) is 11.0. The second-order valence-corrected chi connectivity index (χ2v) is 4.94. The summed E-state index contributed by atoms with van der Waals surface area (Å²) in [4.78, 5) is 24.4. The lowest BCUT2D eigenvalue weighted by atomic mass is 10.2. The van der Waals surface area contributed by atoms with E-state index in [-0.39, 0.29) is 6.04 Å². The number of hydrogen-bond donors (Lipinski definition) is 3. The molecule has 1 saturated heterocycles. The van der Waals surface area contributed by atoms with E-state index in [1.165, 1.54) is 17.9 Å². The molecule has 5 nitrogen and oxygen atoms in total. The molecule has 3 N–H and O–H groups in total. The molecule has 1 heterocycles. The third kappa shape index (κ3) is 4.34. The monoisotopic (exact) mass is 242 g/mol. The molecule has 2 atom stereocenters. The minimum absolute atomic E-state index is 0.00232. The number of likely N-dealkylation sites (tertiary alicyclic amines) is 1. The molecule has 98 valence electrons. The lowest BCUT2D eigenvalue weighted by Crippen LogP contribution is -3.14. The number of carbonyl (C=O) groups excluding carboxylic acids is 2. The molecule has 0 saturated carbocycles. The number of likely N-dealkylation sites (N-methyl/N-ethyl adjacent to an activating group) is 1. The van der Waals surface area contributed by atoms with Crippen LogP contribution < -0.4 is 15.5 Å². The van der Waals surface area contributed by atoms with E-state index in [4.69, 9.17) is 0 Å². The van der Waals surface area contributed by atoms with Crippen molar-refractivity contribution in [1.82, 2.24) is 10.6 Å². The minimum atomic E-state index is -0.531. The molecule has 0 aromatic carbocycles. The van der Waals surface area contributed by atoms with Crippen LogP contribution in [-0.2, 0) is 9.59 Å². The number of amides is 2. The van der Waals surface area contributed by atoms with Gasteiger partial charge in [0.1, 0.15) is 6.04 Å². The highest BCUT2D eigenvalue weighted by molar-refractivity contribution is 6.35. The zero-order chi connectivity index (χ0) is 12.8. The molecule has 0 aromatic rings. The molecule has 1 unspecified atom stereocenters. The van der Waals surface area contributed by atoms with Crippen LogP contribution >= 0.6 is 0 Å². The summed E-state index contributed by atoms with van der Waals surface area (Å²) < 4.78 is 0. The van der Waals surface area contributed by atoms with Gasteiger partial charge >= 0.3 is 11.8 Å². The van der Waals surface area contributed by atoms with E-state index in [2.05, 4.69) is 17.6 Å². The van der Waals surface area contributed by atoms with E-state index in [9.17, 15) is 9.59 Å². The smallest absolute Gasteiger partial charge is 0.309 e. The van der Waals surface area contributed by atoms with E-state index in [0.29, 0.717) is 12.6 Å². The highest BCUT2D eigenvalue weighted by Gasteiger charge is 2.27. The van der Waals surface area contributed by atoms with Crippen molar-refractivity contribution >= 4 is 11.8 Å². The van der Waals surface area contributed by atoms with E-state index in [1.54, 1.807) is 0 Å². The zero-order valence-electron chi connectivity index (χ0n) is 11.0. The van der Waals surface area contributed by atoms with Crippen LogP contribution in [-0.4, -0.2) is 43.5 Å². The first-order valence-corrected chi connectivity index (χ1v) is 6.47. The highest BCUT2D eigenvalue weighted by atomic mass is 16.2. The van der Waals surface area contributed by atoms with Crippen molar-refractivity contribution in [2.24, 2.45) is 0 Å². The van der Waals surface area contributed by atoms with E-state index < -0.39 is 11.8 Å². The summed E-state index contributed by atoms with van der Waals surface area (Å²) in [7, 11) is 0. The van der Waals surface area contributed by atoms with Crippen LogP contribution in [0.1, 0.15) is 33.6 Å². The van der Waals surface area contributed by atoms with Crippen molar-refractivity contribution in [3.8, 4) is 0 Å². The average Bonchev–Trinajstić information content (AvgIpc) is 2.72. The maximum Gasteiger partial charge on any atom is 0.309 e. The molecule has 0 aliphatic carbocycles. The van der Waals surface area contributed by atoms with Crippen LogP contribution in [0.2, 0.25) is 0 Å². The van der Waals surface area contributed by atoms with Gasteiger partial charge in [0, 0.05) is 18.9 Å². The number of nitrogens with one attached hydrogen (secondary N) is 3. The van der Waals surface area contributed by atoms with Gasteiger partial charge in [-0.1, -0.05) is 0 Å². The SMILES string of the molecule is CC[NH+]1CCC[C@@H]1CNC(=O)C(=O)NC(C)C.